The van der Waals surface area contributed by atoms with Crippen LogP contribution in [0.1, 0.15) is 34.1 Å². The molecule has 0 radical (unpaired) electrons. The zero-order chi connectivity index (χ0) is 9.35. The minimum Gasteiger partial charge on any atom is -0.389 e. The Balaban J connectivity index is 2.56. The molecule has 1 aliphatic heterocycles. The quantitative estimate of drug-likeness (QED) is 0.656. The highest BCUT2D eigenvalue weighted by Crippen LogP contribution is 2.34. The van der Waals surface area contributed by atoms with Gasteiger partial charge >= 0.3 is 0 Å². The Labute approximate surface area is 74.9 Å². The summed E-state index contributed by atoms with van der Waals surface area (Å²) < 4.78 is 5.14. The van der Waals surface area contributed by atoms with E-state index in [0.29, 0.717) is 17.9 Å². The van der Waals surface area contributed by atoms with Crippen molar-refractivity contribution >= 4 is 0 Å². The first-order valence-corrected chi connectivity index (χ1v) is 4.80. The molecule has 0 bridgehead atoms. The van der Waals surface area contributed by atoms with Gasteiger partial charge in [-0.1, -0.05) is 27.7 Å². The van der Waals surface area contributed by atoms with Crippen LogP contribution in [0, 0.1) is 11.8 Å². The third kappa shape index (κ3) is 1.99. The van der Waals surface area contributed by atoms with Crippen LogP contribution >= 0.6 is 0 Å². The Kier molecular flexibility index (Phi) is 2.79. The molecule has 2 nitrogen and oxygen atoms in total. The van der Waals surface area contributed by atoms with Crippen molar-refractivity contribution in [3.63, 3.8) is 0 Å². The summed E-state index contributed by atoms with van der Waals surface area (Å²) in [6.07, 6.45) is 1.11. The molecule has 0 aliphatic carbocycles. The lowest BCUT2D eigenvalue weighted by Crippen LogP contribution is -2.41. The van der Waals surface area contributed by atoms with Crippen molar-refractivity contribution in [3.05, 3.63) is 0 Å². The molecular formula is C10H20O2. The first kappa shape index (κ1) is 10.0. The summed E-state index contributed by atoms with van der Waals surface area (Å²) in [7, 11) is 0. The van der Waals surface area contributed by atoms with Gasteiger partial charge in [0, 0.05) is 6.42 Å². The molecule has 0 aromatic heterocycles. The molecule has 1 atom stereocenters. The third-order valence-corrected chi connectivity index (χ3v) is 2.96. The van der Waals surface area contributed by atoms with E-state index < -0.39 is 5.60 Å². The fourth-order valence-corrected chi connectivity index (χ4v) is 1.69. The molecule has 1 saturated heterocycles. The van der Waals surface area contributed by atoms with E-state index in [1.54, 1.807) is 0 Å². The summed E-state index contributed by atoms with van der Waals surface area (Å²) in [4.78, 5) is 0. The van der Waals surface area contributed by atoms with Crippen molar-refractivity contribution in [1.82, 2.24) is 0 Å². The van der Waals surface area contributed by atoms with E-state index in [9.17, 15) is 5.11 Å². The number of hydrogen-bond acceptors (Lipinski definition) is 2. The van der Waals surface area contributed by atoms with E-state index in [2.05, 4.69) is 27.7 Å². The molecule has 1 aliphatic rings. The van der Waals surface area contributed by atoms with E-state index in [1.807, 2.05) is 0 Å². The highest BCUT2D eigenvalue weighted by atomic mass is 16.6. The summed E-state index contributed by atoms with van der Waals surface area (Å²) in [6, 6.07) is 0. The van der Waals surface area contributed by atoms with Gasteiger partial charge in [0.25, 0.3) is 0 Å². The van der Waals surface area contributed by atoms with Crippen LogP contribution in [0.5, 0.6) is 0 Å². The maximum atomic E-state index is 10.3. The van der Waals surface area contributed by atoms with Gasteiger partial charge in [-0.3, -0.25) is 0 Å². The summed E-state index contributed by atoms with van der Waals surface area (Å²) in [5.74, 6) is 0.614. The first-order chi connectivity index (χ1) is 5.47. The van der Waals surface area contributed by atoms with E-state index in [0.717, 1.165) is 13.0 Å². The molecule has 1 N–H and O–H groups in total. The molecule has 0 unspecified atom stereocenters. The van der Waals surface area contributed by atoms with Crippen molar-refractivity contribution < 1.29 is 9.84 Å². The van der Waals surface area contributed by atoms with Gasteiger partial charge in [0.05, 0.1) is 18.3 Å². The normalized spacial score (nSPS) is 23.8. The summed E-state index contributed by atoms with van der Waals surface area (Å²) in [6.45, 7) is 9.12. The van der Waals surface area contributed by atoms with Crippen LogP contribution in [0.25, 0.3) is 0 Å². The van der Waals surface area contributed by atoms with Gasteiger partial charge in [-0.15, -0.1) is 0 Å². The summed E-state index contributed by atoms with van der Waals surface area (Å²) >= 11 is 0. The molecule has 2 heteroatoms. The van der Waals surface area contributed by atoms with Gasteiger partial charge in [0.2, 0.25) is 0 Å². The Morgan fingerprint density at radius 2 is 1.75 bits per heavy atom. The number of aliphatic hydroxyl groups is 1. The van der Waals surface area contributed by atoms with Crippen molar-refractivity contribution in [2.24, 2.45) is 11.8 Å². The second-order valence-electron chi connectivity index (χ2n) is 4.46. The largest absolute Gasteiger partial charge is 0.389 e. The van der Waals surface area contributed by atoms with Gasteiger partial charge in [-0.2, -0.15) is 0 Å². The zero-order valence-electron chi connectivity index (χ0n) is 8.50. The molecule has 0 saturated carbocycles. The van der Waals surface area contributed by atoms with Crippen molar-refractivity contribution in [2.45, 2.75) is 45.8 Å². The van der Waals surface area contributed by atoms with E-state index in [1.165, 1.54) is 0 Å². The highest BCUT2D eigenvalue weighted by molar-refractivity contribution is 4.90. The molecule has 1 fully saturated rings. The lowest BCUT2D eigenvalue weighted by atomic mass is 9.77. The van der Waals surface area contributed by atoms with E-state index in [-0.39, 0.29) is 0 Å². The first-order valence-electron chi connectivity index (χ1n) is 4.80. The van der Waals surface area contributed by atoms with Gasteiger partial charge in [-0.25, -0.2) is 0 Å². The molecule has 0 spiro atoms. The Bertz CT molecular complexity index is 140. The molecule has 0 aromatic carbocycles. The van der Waals surface area contributed by atoms with Crippen molar-refractivity contribution in [1.29, 1.82) is 0 Å². The maximum absolute atomic E-state index is 10.3. The molecule has 0 aromatic rings. The molecule has 1 heterocycles. The van der Waals surface area contributed by atoms with Gasteiger partial charge < -0.3 is 9.84 Å². The SMILES string of the molecule is CC(C)C(O)(C[C@@H]1CO1)C(C)C. The smallest absolute Gasteiger partial charge is 0.0837 e. The van der Waals surface area contributed by atoms with Gasteiger partial charge in [-0.05, 0) is 11.8 Å². The minimum absolute atomic E-state index is 0.307. The Hall–Kier alpha value is -0.0800. The number of epoxide rings is 1. The number of rotatable bonds is 4. The molecule has 0 amide bonds. The average Bonchev–Trinajstić information content (AvgIpc) is 2.70. The standard InChI is InChI=1S/C10H20O2/c1-7(2)10(11,8(3)4)5-9-6-12-9/h7-9,11H,5-6H2,1-4H3/t9-/m1/s1. The second kappa shape index (κ2) is 3.35. The fourth-order valence-electron chi connectivity index (χ4n) is 1.69. The Morgan fingerprint density at radius 3 is 2.00 bits per heavy atom. The summed E-state index contributed by atoms with van der Waals surface area (Å²) in [5.41, 5.74) is -0.541. The predicted molar refractivity (Wildman–Crippen MR) is 49.0 cm³/mol. The topological polar surface area (TPSA) is 32.8 Å². The van der Waals surface area contributed by atoms with Crippen LogP contribution < -0.4 is 0 Å². The Morgan fingerprint density at radius 1 is 1.33 bits per heavy atom. The van der Waals surface area contributed by atoms with Crippen LogP contribution in [-0.4, -0.2) is 23.4 Å². The van der Waals surface area contributed by atoms with Crippen LogP contribution in [0.4, 0.5) is 0 Å². The summed E-state index contributed by atoms with van der Waals surface area (Å²) in [5, 5.41) is 10.3. The van der Waals surface area contributed by atoms with Crippen molar-refractivity contribution in [2.75, 3.05) is 6.61 Å². The minimum atomic E-state index is -0.541. The zero-order valence-corrected chi connectivity index (χ0v) is 8.50. The number of ether oxygens (including phenoxy) is 1. The molecular weight excluding hydrogens is 152 g/mol. The highest BCUT2D eigenvalue weighted by Gasteiger charge is 2.40. The van der Waals surface area contributed by atoms with Crippen molar-refractivity contribution in [3.8, 4) is 0 Å². The van der Waals surface area contributed by atoms with Gasteiger partial charge in [0.1, 0.15) is 0 Å². The maximum Gasteiger partial charge on any atom is 0.0837 e. The molecule has 1 rings (SSSR count). The molecule has 12 heavy (non-hydrogen) atoms. The van der Waals surface area contributed by atoms with Crippen LogP contribution in [0.3, 0.4) is 0 Å². The monoisotopic (exact) mass is 172 g/mol. The second-order valence-corrected chi connectivity index (χ2v) is 4.46. The molecule has 72 valence electrons. The van der Waals surface area contributed by atoms with Crippen LogP contribution in [-0.2, 0) is 4.74 Å². The number of hydrogen-bond donors (Lipinski definition) is 1. The third-order valence-electron chi connectivity index (χ3n) is 2.96. The fraction of sp³-hybridized carbons (Fsp3) is 1.00. The lowest BCUT2D eigenvalue weighted by molar-refractivity contribution is -0.0584. The van der Waals surface area contributed by atoms with Gasteiger partial charge in [0.15, 0.2) is 0 Å². The van der Waals surface area contributed by atoms with Crippen LogP contribution in [0.2, 0.25) is 0 Å². The van der Waals surface area contributed by atoms with E-state index >= 15 is 0 Å². The van der Waals surface area contributed by atoms with Crippen LogP contribution in [0.15, 0.2) is 0 Å². The lowest BCUT2D eigenvalue weighted by Gasteiger charge is -2.35. The average molecular weight is 172 g/mol. The predicted octanol–water partition coefficient (Wildman–Crippen LogP) is 1.82. The van der Waals surface area contributed by atoms with E-state index in [4.69, 9.17) is 4.74 Å².